The van der Waals surface area contributed by atoms with E-state index in [1.165, 1.54) is 6.20 Å². The number of amides is 1. The lowest BCUT2D eigenvalue weighted by molar-refractivity contribution is 0.102. The van der Waals surface area contributed by atoms with E-state index in [0.29, 0.717) is 24.0 Å². The van der Waals surface area contributed by atoms with Gasteiger partial charge in [0.1, 0.15) is 5.82 Å². The molecule has 0 spiro atoms. The van der Waals surface area contributed by atoms with Crippen molar-refractivity contribution >= 4 is 17.4 Å². The first-order valence-corrected chi connectivity index (χ1v) is 6.14. The predicted molar refractivity (Wildman–Crippen MR) is 74.9 cm³/mol. The van der Waals surface area contributed by atoms with Gasteiger partial charge in [0.15, 0.2) is 5.69 Å². The van der Waals surface area contributed by atoms with E-state index in [9.17, 15) is 4.79 Å². The fraction of sp³-hybridized carbons (Fsp3) is 0.231. The van der Waals surface area contributed by atoms with Crippen molar-refractivity contribution in [3.63, 3.8) is 0 Å². The van der Waals surface area contributed by atoms with E-state index < -0.39 is 0 Å². The number of ether oxygens (including phenoxy) is 1. The summed E-state index contributed by atoms with van der Waals surface area (Å²) >= 11 is 0. The number of nitrogens with zero attached hydrogens (tertiary/aromatic N) is 3. The van der Waals surface area contributed by atoms with Crippen LogP contribution in [0, 0.1) is 0 Å². The Labute approximate surface area is 116 Å². The molecule has 0 atom stereocenters. The van der Waals surface area contributed by atoms with Gasteiger partial charge in [-0.3, -0.25) is 4.79 Å². The van der Waals surface area contributed by atoms with Crippen LogP contribution in [-0.4, -0.2) is 34.7 Å². The maximum absolute atomic E-state index is 11.9. The van der Waals surface area contributed by atoms with Crippen molar-refractivity contribution in [3.8, 4) is 5.88 Å². The van der Waals surface area contributed by atoms with Crippen LogP contribution in [-0.2, 0) is 0 Å². The maximum Gasteiger partial charge on any atom is 0.276 e. The summed E-state index contributed by atoms with van der Waals surface area (Å²) in [5, 5.41) is 13.2. The lowest BCUT2D eigenvalue weighted by Gasteiger charge is -2.06. The Morgan fingerprint density at radius 1 is 1.25 bits per heavy atom. The summed E-state index contributed by atoms with van der Waals surface area (Å²) in [6, 6.07) is 6.68. The van der Waals surface area contributed by atoms with Crippen LogP contribution in [0.1, 0.15) is 17.4 Å². The first kappa shape index (κ1) is 13.7. The molecule has 0 fully saturated rings. The Kier molecular flexibility index (Phi) is 4.43. The number of carbonyl (C=O) groups excluding carboxylic acids is 1. The zero-order valence-electron chi connectivity index (χ0n) is 11.3. The van der Waals surface area contributed by atoms with Crippen LogP contribution in [0.3, 0.4) is 0 Å². The molecule has 7 heteroatoms. The minimum Gasteiger partial charge on any atom is -0.478 e. The van der Waals surface area contributed by atoms with Crippen molar-refractivity contribution in [2.75, 3.05) is 24.3 Å². The third-order valence-electron chi connectivity index (χ3n) is 2.44. The van der Waals surface area contributed by atoms with Gasteiger partial charge in [0, 0.05) is 13.1 Å². The van der Waals surface area contributed by atoms with Gasteiger partial charge in [0.2, 0.25) is 5.88 Å². The lowest BCUT2D eigenvalue weighted by atomic mass is 10.3. The second kappa shape index (κ2) is 6.46. The topological polar surface area (TPSA) is 89.0 Å². The Balaban J connectivity index is 2.02. The first-order chi connectivity index (χ1) is 9.72. The van der Waals surface area contributed by atoms with Gasteiger partial charge in [-0.2, -0.15) is 0 Å². The third-order valence-corrected chi connectivity index (χ3v) is 2.44. The lowest BCUT2D eigenvalue weighted by Crippen LogP contribution is -2.14. The van der Waals surface area contributed by atoms with Gasteiger partial charge in [-0.15, -0.1) is 10.2 Å². The zero-order chi connectivity index (χ0) is 14.4. The molecule has 0 aromatic carbocycles. The zero-order valence-corrected chi connectivity index (χ0v) is 11.3. The molecule has 20 heavy (non-hydrogen) atoms. The molecule has 2 heterocycles. The molecule has 1 amide bonds. The van der Waals surface area contributed by atoms with Gasteiger partial charge in [0.05, 0.1) is 18.5 Å². The molecule has 0 radical (unpaired) electrons. The molecular weight excluding hydrogens is 258 g/mol. The van der Waals surface area contributed by atoms with Crippen molar-refractivity contribution in [1.29, 1.82) is 0 Å². The SMILES string of the molecule is CCOc1ccc(NC(=O)c2ccc(NC)nn2)cn1. The van der Waals surface area contributed by atoms with Gasteiger partial charge in [-0.25, -0.2) is 4.98 Å². The molecule has 0 saturated carbocycles. The molecule has 2 aromatic heterocycles. The second-order valence-electron chi connectivity index (χ2n) is 3.83. The fourth-order valence-electron chi connectivity index (χ4n) is 1.47. The van der Waals surface area contributed by atoms with E-state index in [2.05, 4.69) is 25.8 Å². The average molecular weight is 273 g/mol. The van der Waals surface area contributed by atoms with Crippen LogP contribution in [0.5, 0.6) is 5.88 Å². The molecule has 0 unspecified atom stereocenters. The van der Waals surface area contributed by atoms with Gasteiger partial charge < -0.3 is 15.4 Å². The molecular formula is C13H15N5O2. The summed E-state index contributed by atoms with van der Waals surface area (Å²) in [6.07, 6.45) is 1.53. The summed E-state index contributed by atoms with van der Waals surface area (Å²) in [7, 11) is 1.73. The first-order valence-electron chi connectivity index (χ1n) is 6.14. The number of aromatic nitrogens is 3. The molecule has 0 saturated heterocycles. The molecule has 0 aliphatic rings. The van der Waals surface area contributed by atoms with Crippen molar-refractivity contribution < 1.29 is 9.53 Å². The van der Waals surface area contributed by atoms with E-state index in [-0.39, 0.29) is 11.6 Å². The van der Waals surface area contributed by atoms with Gasteiger partial charge in [0.25, 0.3) is 5.91 Å². The highest BCUT2D eigenvalue weighted by Crippen LogP contribution is 2.12. The van der Waals surface area contributed by atoms with Crippen LogP contribution < -0.4 is 15.4 Å². The number of pyridine rings is 1. The summed E-state index contributed by atoms with van der Waals surface area (Å²) in [5.74, 6) is 0.777. The van der Waals surface area contributed by atoms with Crippen molar-refractivity contribution in [1.82, 2.24) is 15.2 Å². The highest BCUT2D eigenvalue weighted by atomic mass is 16.5. The van der Waals surface area contributed by atoms with E-state index in [0.717, 1.165) is 0 Å². The summed E-state index contributed by atoms with van der Waals surface area (Å²) in [4.78, 5) is 16.0. The Bertz CT molecular complexity index is 568. The largest absolute Gasteiger partial charge is 0.478 e. The van der Waals surface area contributed by atoms with E-state index >= 15 is 0 Å². The maximum atomic E-state index is 11.9. The molecule has 0 aliphatic carbocycles. The predicted octanol–water partition coefficient (Wildman–Crippen LogP) is 1.56. The quantitative estimate of drug-likeness (QED) is 0.859. The number of anilines is 2. The van der Waals surface area contributed by atoms with Crippen molar-refractivity contribution in [2.24, 2.45) is 0 Å². The van der Waals surface area contributed by atoms with Gasteiger partial charge in [-0.1, -0.05) is 0 Å². The van der Waals surface area contributed by atoms with Gasteiger partial charge in [-0.05, 0) is 25.1 Å². The summed E-state index contributed by atoms with van der Waals surface area (Å²) in [6.45, 7) is 2.43. The number of hydrogen-bond acceptors (Lipinski definition) is 6. The van der Waals surface area contributed by atoms with Crippen LogP contribution >= 0.6 is 0 Å². The molecule has 0 bridgehead atoms. The molecule has 2 rings (SSSR count). The molecule has 104 valence electrons. The smallest absolute Gasteiger partial charge is 0.276 e. The van der Waals surface area contributed by atoms with Gasteiger partial charge >= 0.3 is 0 Å². The standard InChI is InChI=1S/C13H15N5O2/c1-3-20-12-7-4-9(8-15-12)16-13(19)10-5-6-11(14-2)18-17-10/h4-8H,3H2,1-2H3,(H,14,18)(H,16,19). The highest BCUT2D eigenvalue weighted by Gasteiger charge is 2.08. The monoisotopic (exact) mass is 273 g/mol. The van der Waals surface area contributed by atoms with Crippen molar-refractivity contribution in [2.45, 2.75) is 6.92 Å². The summed E-state index contributed by atoms with van der Waals surface area (Å²) in [5.41, 5.74) is 0.802. The Hall–Kier alpha value is -2.70. The van der Waals surface area contributed by atoms with E-state index in [1.54, 1.807) is 31.3 Å². The average Bonchev–Trinajstić information content (AvgIpc) is 2.49. The number of hydrogen-bond donors (Lipinski definition) is 2. The van der Waals surface area contributed by atoms with Crippen LogP contribution in [0.4, 0.5) is 11.5 Å². The molecule has 2 N–H and O–H groups in total. The number of rotatable bonds is 5. The Morgan fingerprint density at radius 3 is 2.65 bits per heavy atom. The van der Waals surface area contributed by atoms with E-state index in [4.69, 9.17) is 4.74 Å². The summed E-state index contributed by atoms with van der Waals surface area (Å²) < 4.78 is 5.22. The molecule has 7 nitrogen and oxygen atoms in total. The van der Waals surface area contributed by atoms with Crippen molar-refractivity contribution in [3.05, 3.63) is 36.2 Å². The normalized spacial score (nSPS) is 9.90. The van der Waals surface area contributed by atoms with Crippen LogP contribution in [0.15, 0.2) is 30.5 Å². The third kappa shape index (κ3) is 3.41. The second-order valence-corrected chi connectivity index (χ2v) is 3.83. The van der Waals surface area contributed by atoms with Crippen LogP contribution in [0.25, 0.3) is 0 Å². The van der Waals surface area contributed by atoms with Crippen LogP contribution in [0.2, 0.25) is 0 Å². The highest BCUT2D eigenvalue weighted by molar-refractivity contribution is 6.02. The minimum absolute atomic E-state index is 0.234. The molecule has 0 aliphatic heterocycles. The minimum atomic E-state index is -0.342. The molecule has 2 aromatic rings. The van der Waals surface area contributed by atoms with E-state index in [1.807, 2.05) is 6.92 Å². The number of nitrogens with one attached hydrogen (secondary N) is 2. The number of carbonyl (C=O) groups is 1. The Morgan fingerprint density at radius 2 is 2.10 bits per heavy atom. The fourth-order valence-corrected chi connectivity index (χ4v) is 1.47.